The van der Waals surface area contributed by atoms with Gasteiger partial charge in [0.25, 0.3) is 0 Å². The first-order chi connectivity index (χ1) is 9.12. The zero-order valence-corrected chi connectivity index (χ0v) is 11.9. The van der Waals surface area contributed by atoms with Crippen molar-refractivity contribution in [2.45, 2.75) is 39.5 Å². The van der Waals surface area contributed by atoms with E-state index in [0.717, 1.165) is 51.0 Å². The van der Waals surface area contributed by atoms with E-state index in [1.54, 1.807) is 0 Å². The van der Waals surface area contributed by atoms with Gasteiger partial charge in [-0.3, -0.25) is 9.89 Å². The number of aryl methyl sites for hydroxylation is 2. The van der Waals surface area contributed by atoms with Gasteiger partial charge in [-0.2, -0.15) is 5.10 Å². The monoisotopic (exact) mass is 264 g/mol. The molecule has 1 atom stereocenters. The molecule has 0 spiro atoms. The normalized spacial score (nSPS) is 23.3. The van der Waals surface area contributed by atoms with E-state index in [4.69, 9.17) is 0 Å². The van der Waals surface area contributed by atoms with Gasteiger partial charge in [-0.15, -0.1) is 0 Å². The Morgan fingerprint density at radius 2 is 2.42 bits per heavy atom. The number of H-pyrrole nitrogens is 1. The van der Waals surface area contributed by atoms with Crippen LogP contribution < -0.4 is 10.6 Å². The molecule has 5 heteroatoms. The Balaban J connectivity index is 1.70. The highest BCUT2D eigenvalue weighted by Crippen LogP contribution is 2.25. The first kappa shape index (κ1) is 14.1. The molecule has 1 aromatic rings. The van der Waals surface area contributed by atoms with Gasteiger partial charge in [-0.05, 0) is 51.6 Å². The van der Waals surface area contributed by atoms with E-state index in [0.29, 0.717) is 0 Å². The lowest BCUT2D eigenvalue weighted by molar-refractivity contribution is -0.131. The largest absolute Gasteiger partial charge is 0.356 e. The molecule has 106 valence electrons. The van der Waals surface area contributed by atoms with E-state index < -0.39 is 0 Å². The van der Waals surface area contributed by atoms with Gasteiger partial charge >= 0.3 is 0 Å². The van der Waals surface area contributed by atoms with E-state index in [1.165, 1.54) is 5.56 Å². The van der Waals surface area contributed by atoms with E-state index in [2.05, 4.69) is 27.8 Å². The quantitative estimate of drug-likeness (QED) is 0.699. The Morgan fingerprint density at radius 3 is 3.05 bits per heavy atom. The van der Waals surface area contributed by atoms with Crippen LogP contribution in [0.25, 0.3) is 0 Å². The van der Waals surface area contributed by atoms with Crippen LogP contribution in [0.1, 0.15) is 37.4 Å². The number of aromatic nitrogens is 2. The molecule has 2 rings (SSSR count). The fourth-order valence-electron chi connectivity index (χ4n) is 2.57. The van der Waals surface area contributed by atoms with Gasteiger partial charge in [0, 0.05) is 18.8 Å². The zero-order chi connectivity index (χ0) is 13.7. The minimum absolute atomic E-state index is 0.184. The summed E-state index contributed by atoms with van der Waals surface area (Å²) in [5.41, 5.74) is 2.12. The van der Waals surface area contributed by atoms with Gasteiger partial charge in [0.05, 0.1) is 11.6 Å². The van der Waals surface area contributed by atoms with Crippen molar-refractivity contribution in [2.75, 3.05) is 19.6 Å². The van der Waals surface area contributed by atoms with Crippen molar-refractivity contribution in [1.82, 2.24) is 20.8 Å². The van der Waals surface area contributed by atoms with Gasteiger partial charge in [0.15, 0.2) is 0 Å². The fraction of sp³-hybridized carbons (Fsp3) is 0.714. The molecule has 0 saturated carbocycles. The maximum atomic E-state index is 12.2. The van der Waals surface area contributed by atoms with Crippen LogP contribution in [0, 0.1) is 12.3 Å². The highest BCUT2D eigenvalue weighted by molar-refractivity contribution is 5.82. The lowest BCUT2D eigenvalue weighted by Gasteiger charge is -2.32. The summed E-state index contributed by atoms with van der Waals surface area (Å²) in [6.07, 6.45) is 5.83. The second-order valence-corrected chi connectivity index (χ2v) is 5.72. The van der Waals surface area contributed by atoms with Gasteiger partial charge in [-0.25, -0.2) is 0 Å². The average Bonchev–Trinajstić information content (AvgIpc) is 2.81. The SMILES string of the molecule is Cc1[nH]ncc1CCCNC(=O)C1(C)CCCNC1. The predicted octanol–water partition coefficient (Wildman–Crippen LogP) is 1.16. The summed E-state index contributed by atoms with van der Waals surface area (Å²) in [4.78, 5) is 12.2. The molecule has 1 saturated heterocycles. The van der Waals surface area contributed by atoms with Crippen LogP contribution in [-0.2, 0) is 11.2 Å². The summed E-state index contributed by atoms with van der Waals surface area (Å²) in [5, 5.41) is 13.3. The molecule has 1 aliphatic heterocycles. The molecular weight excluding hydrogens is 240 g/mol. The molecule has 1 amide bonds. The molecule has 0 radical (unpaired) electrons. The van der Waals surface area contributed by atoms with Crippen LogP contribution in [0.15, 0.2) is 6.20 Å². The van der Waals surface area contributed by atoms with Crippen molar-refractivity contribution in [1.29, 1.82) is 0 Å². The predicted molar refractivity (Wildman–Crippen MR) is 74.9 cm³/mol. The molecule has 0 aromatic carbocycles. The van der Waals surface area contributed by atoms with Gasteiger partial charge in [-0.1, -0.05) is 0 Å². The van der Waals surface area contributed by atoms with Gasteiger partial charge < -0.3 is 10.6 Å². The van der Waals surface area contributed by atoms with Crippen LogP contribution >= 0.6 is 0 Å². The molecular formula is C14H24N4O. The maximum Gasteiger partial charge on any atom is 0.227 e. The lowest BCUT2D eigenvalue weighted by atomic mass is 9.82. The fourth-order valence-corrected chi connectivity index (χ4v) is 2.57. The third kappa shape index (κ3) is 3.56. The number of rotatable bonds is 5. The second-order valence-electron chi connectivity index (χ2n) is 5.72. The summed E-state index contributed by atoms with van der Waals surface area (Å²) in [7, 11) is 0. The Hall–Kier alpha value is -1.36. The second kappa shape index (κ2) is 6.19. The standard InChI is InChI=1S/C14H24N4O/c1-11-12(9-17-18-11)5-3-8-16-13(19)14(2)6-4-7-15-10-14/h9,15H,3-8,10H2,1-2H3,(H,16,19)(H,17,18). The number of piperidine rings is 1. The number of hydrogen-bond donors (Lipinski definition) is 3. The van der Waals surface area contributed by atoms with E-state index in [1.807, 2.05) is 13.1 Å². The van der Waals surface area contributed by atoms with Crippen LogP contribution in [0.2, 0.25) is 0 Å². The Morgan fingerprint density at radius 1 is 1.58 bits per heavy atom. The van der Waals surface area contributed by atoms with E-state index in [9.17, 15) is 4.79 Å². The molecule has 0 aliphatic carbocycles. The molecule has 0 bridgehead atoms. The molecule has 1 fully saturated rings. The number of nitrogens with one attached hydrogen (secondary N) is 3. The van der Waals surface area contributed by atoms with Crippen molar-refractivity contribution in [3.8, 4) is 0 Å². The van der Waals surface area contributed by atoms with Crippen LogP contribution in [0.3, 0.4) is 0 Å². The molecule has 1 aliphatic rings. The van der Waals surface area contributed by atoms with Gasteiger partial charge in [0.1, 0.15) is 0 Å². The minimum atomic E-state index is -0.232. The lowest BCUT2D eigenvalue weighted by Crippen LogP contribution is -2.48. The number of carbonyl (C=O) groups excluding carboxylic acids is 1. The zero-order valence-electron chi connectivity index (χ0n) is 11.9. The maximum absolute atomic E-state index is 12.2. The van der Waals surface area contributed by atoms with E-state index >= 15 is 0 Å². The summed E-state index contributed by atoms with van der Waals surface area (Å²) in [5.74, 6) is 0.184. The summed E-state index contributed by atoms with van der Waals surface area (Å²) < 4.78 is 0. The van der Waals surface area contributed by atoms with Crippen molar-refractivity contribution >= 4 is 5.91 Å². The van der Waals surface area contributed by atoms with Crippen molar-refractivity contribution < 1.29 is 4.79 Å². The number of nitrogens with zero attached hydrogens (tertiary/aromatic N) is 1. The molecule has 3 N–H and O–H groups in total. The smallest absolute Gasteiger partial charge is 0.227 e. The van der Waals surface area contributed by atoms with Crippen LogP contribution in [-0.4, -0.2) is 35.7 Å². The number of amides is 1. The summed E-state index contributed by atoms with van der Waals surface area (Å²) >= 11 is 0. The van der Waals surface area contributed by atoms with Crippen LogP contribution in [0.5, 0.6) is 0 Å². The molecule has 5 nitrogen and oxygen atoms in total. The molecule has 1 unspecified atom stereocenters. The number of aromatic amines is 1. The third-order valence-electron chi connectivity index (χ3n) is 3.99. The third-order valence-corrected chi connectivity index (χ3v) is 3.99. The number of hydrogen-bond acceptors (Lipinski definition) is 3. The Labute approximate surface area is 114 Å². The van der Waals surface area contributed by atoms with Gasteiger partial charge in [0.2, 0.25) is 5.91 Å². The highest BCUT2D eigenvalue weighted by Gasteiger charge is 2.34. The summed E-state index contributed by atoms with van der Waals surface area (Å²) in [6.45, 7) is 6.63. The Bertz CT molecular complexity index is 421. The highest BCUT2D eigenvalue weighted by atomic mass is 16.2. The number of carbonyl (C=O) groups is 1. The minimum Gasteiger partial charge on any atom is -0.356 e. The topological polar surface area (TPSA) is 69.8 Å². The van der Waals surface area contributed by atoms with Crippen molar-refractivity contribution in [2.24, 2.45) is 5.41 Å². The van der Waals surface area contributed by atoms with E-state index in [-0.39, 0.29) is 11.3 Å². The Kier molecular flexibility index (Phi) is 4.58. The van der Waals surface area contributed by atoms with Crippen molar-refractivity contribution in [3.63, 3.8) is 0 Å². The molecule has 19 heavy (non-hydrogen) atoms. The first-order valence-electron chi connectivity index (χ1n) is 7.10. The molecule has 2 heterocycles. The van der Waals surface area contributed by atoms with Crippen LogP contribution in [0.4, 0.5) is 0 Å². The van der Waals surface area contributed by atoms with Crippen molar-refractivity contribution in [3.05, 3.63) is 17.5 Å². The first-order valence-corrected chi connectivity index (χ1v) is 7.10. The molecule has 1 aromatic heterocycles. The summed E-state index contributed by atoms with van der Waals surface area (Å²) in [6, 6.07) is 0. The average molecular weight is 264 g/mol.